The molecule has 7 heteroatoms. The standard InChI is InChI=1S/C12H11N3O3S/c16-11(17)6-9(8-4-2-1-3-5-8)14-12(18)10-7-13-19-15-10/h1-5,7,9H,6H2,(H,14,18)(H,16,17)/t9-/m0/s1. The van der Waals surface area contributed by atoms with E-state index in [1.54, 1.807) is 24.3 Å². The largest absolute Gasteiger partial charge is 0.481 e. The summed E-state index contributed by atoms with van der Waals surface area (Å²) in [6, 6.07) is 8.36. The molecule has 0 fully saturated rings. The molecule has 0 aliphatic heterocycles. The monoisotopic (exact) mass is 277 g/mol. The molecule has 0 unspecified atom stereocenters. The number of hydrogen-bond donors (Lipinski definition) is 2. The molecule has 6 nitrogen and oxygen atoms in total. The molecule has 0 radical (unpaired) electrons. The highest BCUT2D eigenvalue weighted by Gasteiger charge is 2.19. The highest BCUT2D eigenvalue weighted by Crippen LogP contribution is 2.17. The summed E-state index contributed by atoms with van der Waals surface area (Å²) in [6.45, 7) is 0. The topological polar surface area (TPSA) is 92.2 Å². The Morgan fingerprint density at radius 1 is 1.32 bits per heavy atom. The van der Waals surface area contributed by atoms with Crippen molar-refractivity contribution in [3.8, 4) is 0 Å². The third-order valence-electron chi connectivity index (χ3n) is 2.48. The van der Waals surface area contributed by atoms with Gasteiger partial charge in [0, 0.05) is 0 Å². The Labute approximate surface area is 113 Å². The molecule has 0 saturated carbocycles. The van der Waals surface area contributed by atoms with Crippen molar-refractivity contribution < 1.29 is 14.7 Å². The Morgan fingerprint density at radius 2 is 2.05 bits per heavy atom. The number of aromatic nitrogens is 2. The van der Waals surface area contributed by atoms with Gasteiger partial charge in [-0.2, -0.15) is 8.75 Å². The van der Waals surface area contributed by atoms with Crippen LogP contribution < -0.4 is 5.32 Å². The number of nitrogens with zero attached hydrogens (tertiary/aromatic N) is 2. The second kappa shape index (κ2) is 6.05. The van der Waals surface area contributed by atoms with E-state index in [2.05, 4.69) is 14.1 Å². The molecular formula is C12H11N3O3S. The second-order valence-electron chi connectivity index (χ2n) is 3.83. The summed E-state index contributed by atoms with van der Waals surface area (Å²) < 4.78 is 7.55. The average molecular weight is 277 g/mol. The molecule has 2 rings (SSSR count). The zero-order chi connectivity index (χ0) is 13.7. The van der Waals surface area contributed by atoms with Crippen molar-refractivity contribution in [1.29, 1.82) is 0 Å². The van der Waals surface area contributed by atoms with Gasteiger partial charge in [0.2, 0.25) is 0 Å². The lowest BCUT2D eigenvalue weighted by molar-refractivity contribution is -0.137. The number of carbonyl (C=O) groups is 2. The van der Waals surface area contributed by atoms with Gasteiger partial charge in [-0.25, -0.2) is 0 Å². The Kier molecular flexibility index (Phi) is 4.19. The Morgan fingerprint density at radius 3 is 2.63 bits per heavy atom. The summed E-state index contributed by atoms with van der Waals surface area (Å²) >= 11 is 0.928. The van der Waals surface area contributed by atoms with Crippen LogP contribution in [0.2, 0.25) is 0 Å². The minimum atomic E-state index is -0.981. The molecule has 1 aromatic heterocycles. The first-order valence-electron chi connectivity index (χ1n) is 5.52. The summed E-state index contributed by atoms with van der Waals surface area (Å²) in [7, 11) is 0. The van der Waals surface area contributed by atoms with Crippen molar-refractivity contribution in [3.05, 3.63) is 47.8 Å². The van der Waals surface area contributed by atoms with Crippen LogP contribution in [0.5, 0.6) is 0 Å². The third-order valence-corrected chi connectivity index (χ3v) is 2.96. The normalized spacial score (nSPS) is 11.8. The Balaban J connectivity index is 2.15. The van der Waals surface area contributed by atoms with Crippen LogP contribution in [0.1, 0.15) is 28.5 Å². The van der Waals surface area contributed by atoms with Crippen LogP contribution in [0.3, 0.4) is 0 Å². The highest BCUT2D eigenvalue weighted by atomic mass is 32.1. The van der Waals surface area contributed by atoms with E-state index in [1.165, 1.54) is 6.20 Å². The predicted molar refractivity (Wildman–Crippen MR) is 68.8 cm³/mol. The van der Waals surface area contributed by atoms with E-state index in [0.717, 1.165) is 17.3 Å². The average Bonchev–Trinajstić information content (AvgIpc) is 2.92. The summed E-state index contributed by atoms with van der Waals surface area (Å²) in [5, 5.41) is 11.6. The lowest BCUT2D eigenvalue weighted by Gasteiger charge is -2.16. The van der Waals surface area contributed by atoms with Gasteiger partial charge in [-0.05, 0) is 5.56 Å². The number of rotatable bonds is 5. The molecular weight excluding hydrogens is 266 g/mol. The lowest BCUT2D eigenvalue weighted by atomic mass is 10.0. The van der Waals surface area contributed by atoms with Crippen molar-refractivity contribution in [2.24, 2.45) is 0 Å². The van der Waals surface area contributed by atoms with Gasteiger partial charge in [-0.15, -0.1) is 0 Å². The number of aliphatic carboxylic acids is 1. The first-order valence-corrected chi connectivity index (χ1v) is 6.25. The SMILES string of the molecule is O=C(O)C[C@H](NC(=O)c1cnsn1)c1ccccc1. The second-order valence-corrected chi connectivity index (χ2v) is 4.38. The van der Waals surface area contributed by atoms with Crippen LogP contribution in [-0.2, 0) is 4.79 Å². The van der Waals surface area contributed by atoms with E-state index >= 15 is 0 Å². The van der Waals surface area contributed by atoms with E-state index in [1.807, 2.05) is 6.07 Å². The molecule has 98 valence electrons. The summed E-state index contributed by atoms with van der Waals surface area (Å²) in [4.78, 5) is 22.7. The molecule has 0 aliphatic carbocycles. The van der Waals surface area contributed by atoms with Gasteiger partial charge in [-0.3, -0.25) is 9.59 Å². The quantitative estimate of drug-likeness (QED) is 0.863. The van der Waals surface area contributed by atoms with Crippen molar-refractivity contribution in [3.63, 3.8) is 0 Å². The fourth-order valence-corrected chi connectivity index (χ4v) is 2.02. The maximum absolute atomic E-state index is 11.9. The number of carboxylic acids is 1. The van der Waals surface area contributed by atoms with Crippen molar-refractivity contribution >= 4 is 23.6 Å². The fourth-order valence-electron chi connectivity index (χ4n) is 1.61. The van der Waals surface area contributed by atoms with Gasteiger partial charge in [0.05, 0.1) is 30.4 Å². The molecule has 0 saturated heterocycles. The van der Waals surface area contributed by atoms with Gasteiger partial charge in [0.25, 0.3) is 5.91 Å². The fraction of sp³-hybridized carbons (Fsp3) is 0.167. The van der Waals surface area contributed by atoms with E-state index in [9.17, 15) is 9.59 Å². The third kappa shape index (κ3) is 3.59. The maximum atomic E-state index is 11.9. The van der Waals surface area contributed by atoms with Crippen LogP contribution in [0.4, 0.5) is 0 Å². The van der Waals surface area contributed by atoms with Gasteiger partial charge >= 0.3 is 5.97 Å². The minimum Gasteiger partial charge on any atom is -0.481 e. The van der Waals surface area contributed by atoms with Crippen molar-refractivity contribution in [2.75, 3.05) is 0 Å². The summed E-state index contributed by atoms with van der Waals surface area (Å²) in [5.41, 5.74) is 0.928. The molecule has 2 aromatic rings. The maximum Gasteiger partial charge on any atom is 0.305 e. The van der Waals surface area contributed by atoms with Crippen LogP contribution in [-0.4, -0.2) is 25.7 Å². The first-order chi connectivity index (χ1) is 9.16. The minimum absolute atomic E-state index is 0.187. The Bertz CT molecular complexity index is 557. The number of carboxylic acid groups (broad SMARTS) is 1. The first kappa shape index (κ1) is 13.2. The zero-order valence-electron chi connectivity index (χ0n) is 9.81. The summed E-state index contributed by atoms with van der Waals surface area (Å²) in [5.74, 6) is -1.41. The highest BCUT2D eigenvalue weighted by molar-refractivity contribution is 6.99. The number of carbonyl (C=O) groups excluding carboxylic acids is 1. The molecule has 0 spiro atoms. The molecule has 0 aliphatic rings. The van der Waals surface area contributed by atoms with Crippen LogP contribution in [0, 0.1) is 0 Å². The van der Waals surface area contributed by atoms with Gasteiger partial charge < -0.3 is 10.4 Å². The smallest absolute Gasteiger partial charge is 0.305 e. The molecule has 1 atom stereocenters. The van der Waals surface area contributed by atoms with Gasteiger partial charge in [-0.1, -0.05) is 30.3 Å². The van der Waals surface area contributed by atoms with E-state index in [0.29, 0.717) is 0 Å². The van der Waals surface area contributed by atoms with Crippen molar-refractivity contribution in [2.45, 2.75) is 12.5 Å². The van der Waals surface area contributed by atoms with E-state index in [-0.39, 0.29) is 12.1 Å². The van der Waals surface area contributed by atoms with Gasteiger partial charge in [0.1, 0.15) is 0 Å². The molecule has 2 N–H and O–H groups in total. The number of hydrogen-bond acceptors (Lipinski definition) is 5. The molecule has 1 aromatic carbocycles. The van der Waals surface area contributed by atoms with E-state index < -0.39 is 17.9 Å². The molecule has 0 bridgehead atoms. The number of benzene rings is 1. The van der Waals surface area contributed by atoms with Crippen LogP contribution in [0.15, 0.2) is 36.5 Å². The lowest BCUT2D eigenvalue weighted by Crippen LogP contribution is -2.30. The number of nitrogens with one attached hydrogen (secondary N) is 1. The zero-order valence-corrected chi connectivity index (χ0v) is 10.6. The van der Waals surface area contributed by atoms with Crippen LogP contribution in [0.25, 0.3) is 0 Å². The number of amides is 1. The Hall–Kier alpha value is -2.28. The molecule has 1 heterocycles. The molecule has 1 amide bonds. The van der Waals surface area contributed by atoms with Gasteiger partial charge in [0.15, 0.2) is 5.69 Å². The van der Waals surface area contributed by atoms with Crippen molar-refractivity contribution in [1.82, 2.24) is 14.1 Å². The summed E-state index contributed by atoms with van der Waals surface area (Å²) in [6.07, 6.45) is 1.16. The van der Waals surface area contributed by atoms with E-state index in [4.69, 9.17) is 5.11 Å². The molecule has 19 heavy (non-hydrogen) atoms. The predicted octanol–water partition coefficient (Wildman–Crippen LogP) is 1.48. The van der Waals surface area contributed by atoms with Crippen LogP contribution >= 0.6 is 11.7 Å².